The molecule has 0 bridgehead atoms. The summed E-state index contributed by atoms with van der Waals surface area (Å²) in [5.41, 5.74) is 0.457. The van der Waals surface area contributed by atoms with Gasteiger partial charge in [-0.15, -0.1) is 0 Å². The van der Waals surface area contributed by atoms with Crippen LogP contribution in [0.3, 0.4) is 0 Å². The second-order valence-electron chi connectivity index (χ2n) is 4.68. The highest BCUT2D eigenvalue weighted by Crippen LogP contribution is 2.24. The standard InChI is InChI=1S/C14H21F2NO2/c1-10(2)14(17-5-7-19-8-6-18)12-4-3-11(15)9-13(12)16/h3-4,9-10,14,17-18H,5-8H2,1-2H3. The molecule has 0 aromatic heterocycles. The highest BCUT2D eigenvalue weighted by atomic mass is 19.1. The van der Waals surface area contributed by atoms with E-state index < -0.39 is 11.6 Å². The minimum atomic E-state index is -0.574. The monoisotopic (exact) mass is 273 g/mol. The van der Waals surface area contributed by atoms with Crippen molar-refractivity contribution in [2.24, 2.45) is 5.92 Å². The van der Waals surface area contributed by atoms with E-state index in [-0.39, 0.29) is 18.6 Å². The van der Waals surface area contributed by atoms with E-state index in [0.29, 0.717) is 25.3 Å². The van der Waals surface area contributed by atoms with Gasteiger partial charge in [-0.05, 0) is 12.0 Å². The van der Waals surface area contributed by atoms with Gasteiger partial charge in [-0.2, -0.15) is 0 Å². The van der Waals surface area contributed by atoms with Crippen LogP contribution < -0.4 is 5.32 Å². The van der Waals surface area contributed by atoms with Crippen LogP contribution in [0.1, 0.15) is 25.5 Å². The Morgan fingerprint density at radius 3 is 2.58 bits per heavy atom. The van der Waals surface area contributed by atoms with Crippen LogP contribution >= 0.6 is 0 Å². The molecule has 0 radical (unpaired) electrons. The fourth-order valence-electron chi connectivity index (χ4n) is 1.91. The first-order valence-electron chi connectivity index (χ1n) is 6.43. The van der Waals surface area contributed by atoms with Gasteiger partial charge in [-0.25, -0.2) is 8.78 Å². The number of aliphatic hydroxyl groups is 1. The molecule has 108 valence electrons. The molecule has 0 aliphatic carbocycles. The van der Waals surface area contributed by atoms with Crippen molar-refractivity contribution in [1.82, 2.24) is 5.32 Å². The van der Waals surface area contributed by atoms with Gasteiger partial charge in [0.2, 0.25) is 0 Å². The normalized spacial score (nSPS) is 12.9. The molecule has 0 saturated heterocycles. The maximum absolute atomic E-state index is 13.7. The number of hydrogen-bond acceptors (Lipinski definition) is 3. The molecular formula is C14H21F2NO2. The Labute approximate surface area is 112 Å². The first-order valence-corrected chi connectivity index (χ1v) is 6.43. The van der Waals surface area contributed by atoms with E-state index in [1.807, 2.05) is 13.8 Å². The molecule has 1 atom stereocenters. The Kier molecular flexibility index (Phi) is 6.91. The van der Waals surface area contributed by atoms with Crippen LogP contribution in [0.5, 0.6) is 0 Å². The van der Waals surface area contributed by atoms with Gasteiger partial charge < -0.3 is 15.2 Å². The lowest BCUT2D eigenvalue weighted by Crippen LogP contribution is -2.30. The highest BCUT2D eigenvalue weighted by Gasteiger charge is 2.19. The summed E-state index contributed by atoms with van der Waals surface area (Å²) >= 11 is 0. The summed E-state index contributed by atoms with van der Waals surface area (Å²) in [6.45, 7) is 5.19. The summed E-state index contributed by atoms with van der Waals surface area (Å²) in [5.74, 6) is -0.949. The molecule has 1 aromatic rings. The minimum absolute atomic E-state index is 0.0137. The molecule has 1 aromatic carbocycles. The Morgan fingerprint density at radius 2 is 2.00 bits per heavy atom. The third kappa shape index (κ3) is 5.22. The molecular weight excluding hydrogens is 252 g/mol. The van der Waals surface area contributed by atoms with Gasteiger partial charge in [-0.1, -0.05) is 19.9 Å². The largest absolute Gasteiger partial charge is 0.394 e. The van der Waals surface area contributed by atoms with Crippen LogP contribution in [0.25, 0.3) is 0 Å². The zero-order chi connectivity index (χ0) is 14.3. The molecule has 0 spiro atoms. The van der Waals surface area contributed by atoms with E-state index in [2.05, 4.69) is 5.32 Å². The number of rotatable bonds is 8. The fraction of sp³-hybridized carbons (Fsp3) is 0.571. The third-order valence-electron chi connectivity index (χ3n) is 2.81. The zero-order valence-electron chi connectivity index (χ0n) is 11.3. The van der Waals surface area contributed by atoms with Gasteiger partial charge in [0, 0.05) is 24.2 Å². The topological polar surface area (TPSA) is 41.5 Å². The molecule has 0 aliphatic heterocycles. The summed E-state index contributed by atoms with van der Waals surface area (Å²) in [6.07, 6.45) is 0. The van der Waals surface area contributed by atoms with E-state index in [1.54, 1.807) is 0 Å². The lowest BCUT2D eigenvalue weighted by molar-refractivity contribution is 0.0916. The minimum Gasteiger partial charge on any atom is -0.394 e. The molecule has 0 fully saturated rings. The Morgan fingerprint density at radius 1 is 1.26 bits per heavy atom. The van der Waals surface area contributed by atoms with Crippen LogP contribution in [0, 0.1) is 17.6 Å². The molecule has 3 nitrogen and oxygen atoms in total. The molecule has 1 unspecified atom stereocenters. The second-order valence-corrected chi connectivity index (χ2v) is 4.68. The molecule has 0 amide bonds. The molecule has 1 rings (SSSR count). The van der Waals surface area contributed by atoms with Crippen LogP contribution in [-0.2, 0) is 4.74 Å². The SMILES string of the molecule is CC(C)C(NCCOCCO)c1ccc(F)cc1F. The van der Waals surface area contributed by atoms with Gasteiger partial charge in [-0.3, -0.25) is 0 Å². The number of ether oxygens (including phenoxy) is 1. The number of halogens is 2. The van der Waals surface area contributed by atoms with Crippen molar-refractivity contribution in [1.29, 1.82) is 0 Å². The van der Waals surface area contributed by atoms with Crippen molar-refractivity contribution >= 4 is 0 Å². The number of aliphatic hydroxyl groups excluding tert-OH is 1. The first kappa shape index (κ1) is 16.0. The number of benzene rings is 1. The van der Waals surface area contributed by atoms with Crippen LogP contribution in [0.15, 0.2) is 18.2 Å². The summed E-state index contributed by atoms with van der Waals surface area (Å²) in [7, 11) is 0. The summed E-state index contributed by atoms with van der Waals surface area (Å²) in [6, 6.07) is 3.43. The third-order valence-corrected chi connectivity index (χ3v) is 2.81. The second kappa shape index (κ2) is 8.19. The maximum atomic E-state index is 13.7. The van der Waals surface area contributed by atoms with E-state index in [4.69, 9.17) is 9.84 Å². The molecule has 19 heavy (non-hydrogen) atoms. The van der Waals surface area contributed by atoms with Crippen LogP contribution in [0.2, 0.25) is 0 Å². The van der Waals surface area contributed by atoms with Gasteiger partial charge >= 0.3 is 0 Å². The Bertz CT molecular complexity index is 386. The molecule has 5 heteroatoms. The maximum Gasteiger partial charge on any atom is 0.130 e. The lowest BCUT2D eigenvalue weighted by atomic mass is 9.95. The van der Waals surface area contributed by atoms with Crippen molar-refractivity contribution in [3.8, 4) is 0 Å². The van der Waals surface area contributed by atoms with Gasteiger partial charge in [0.25, 0.3) is 0 Å². The molecule has 0 aliphatic rings. The average Bonchev–Trinajstić information content (AvgIpc) is 2.35. The van der Waals surface area contributed by atoms with Gasteiger partial charge in [0.1, 0.15) is 11.6 Å². The van der Waals surface area contributed by atoms with Crippen molar-refractivity contribution in [3.05, 3.63) is 35.4 Å². The lowest BCUT2D eigenvalue weighted by Gasteiger charge is -2.23. The summed E-state index contributed by atoms with van der Waals surface area (Å²) < 4.78 is 31.8. The summed E-state index contributed by atoms with van der Waals surface area (Å²) in [4.78, 5) is 0. The fourth-order valence-corrected chi connectivity index (χ4v) is 1.91. The molecule has 2 N–H and O–H groups in total. The Hall–Kier alpha value is -1.04. The molecule has 0 saturated carbocycles. The highest BCUT2D eigenvalue weighted by molar-refractivity contribution is 5.22. The van der Waals surface area contributed by atoms with Crippen molar-refractivity contribution in [2.75, 3.05) is 26.4 Å². The van der Waals surface area contributed by atoms with Crippen LogP contribution in [-0.4, -0.2) is 31.5 Å². The summed E-state index contributed by atoms with van der Waals surface area (Å²) in [5, 5.41) is 11.8. The van der Waals surface area contributed by atoms with Gasteiger partial charge in [0.05, 0.1) is 19.8 Å². The number of hydrogen-bond donors (Lipinski definition) is 2. The van der Waals surface area contributed by atoms with E-state index >= 15 is 0 Å². The van der Waals surface area contributed by atoms with E-state index in [0.717, 1.165) is 6.07 Å². The van der Waals surface area contributed by atoms with Crippen molar-refractivity contribution < 1.29 is 18.6 Å². The quantitative estimate of drug-likeness (QED) is 0.714. The number of nitrogens with one attached hydrogen (secondary N) is 1. The first-order chi connectivity index (χ1) is 9.06. The Balaban J connectivity index is 2.61. The molecule has 0 heterocycles. The van der Waals surface area contributed by atoms with Gasteiger partial charge in [0.15, 0.2) is 0 Å². The van der Waals surface area contributed by atoms with Crippen molar-refractivity contribution in [2.45, 2.75) is 19.9 Å². The van der Waals surface area contributed by atoms with Crippen molar-refractivity contribution in [3.63, 3.8) is 0 Å². The van der Waals surface area contributed by atoms with E-state index in [1.165, 1.54) is 12.1 Å². The smallest absolute Gasteiger partial charge is 0.130 e. The zero-order valence-corrected chi connectivity index (χ0v) is 11.3. The van der Waals surface area contributed by atoms with Crippen LogP contribution in [0.4, 0.5) is 8.78 Å². The predicted molar refractivity (Wildman–Crippen MR) is 69.8 cm³/mol. The van der Waals surface area contributed by atoms with E-state index in [9.17, 15) is 8.78 Å². The predicted octanol–water partition coefficient (Wildman–Crippen LogP) is 2.26. The average molecular weight is 273 g/mol.